The molecule has 0 radical (unpaired) electrons. The SMILES string of the molecule is NC1(C(=O)N2CCC(Cc3cccc(F)c3)CC2)CCCC1. The molecule has 3 rings (SSSR count). The Balaban J connectivity index is 1.53. The van der Waals surface area contributed by atoms with Crippen LogP contribution in [0.5, 0.6) is 0 Å². The first kappa shape index (κ1) is 15.5. The van der Waals surface area contributed by atoms with Gasteiger partial charge >= 0.3 is 0 Å². The summed E-state index contributed by atoms with van der Waals surface area (Å²) in [5.74, 6) is 0.508. The predicted octanol–water partition coefficient (Wildman–Crippen LogP) is 2.88. The Labute approximate surface area is 131 Å². The number of nitrogens with zero attached hydrogens (tertiary/aromatic N) is 1. The lowest BCUT2D eigenvalue weighted by molar-refractivity contribution is -0.138. The van der Waals surface area contributed by atoms with E-state index in [1.807, 2.05) is 11.0 Å². The van der Waals surface area contributed by atoms with Crippen LogP contribution in [0.2, 0.25) is 0 Å². The van der Waals surface area contributed by atoms with Gasteiger partial charge in [0.1, 0.15) is 5.82 Å². The minimum Gasteiger partial charge on any atom is -0.341 e. The van der Waals surface area contributed by atoms with Crippen molar-refractivity contribution < 1.29 is 9.18 Å². The molecule has 1 amide bonds. The molecule has 120 valence electrons. The van der Waals surface area contributed by atoms with E-state index in [4.69, 9.17) is 5.73 Å². The third-order valence-electron chi connectivity index (χ3n) is 5.24. The smallest absolute Gasteiger partial charge is 0.242 e. The molecular formula is C18H25FN2O. The molecule has 0 bridgehead atoms. The summed E-state index contributed by atoms with van der Waals surface area (Å²) in [6.45, 7) is 1.58. The molecule has 1 heterocycles. The van der Waals surface area contributed by atoms with Crippen molar-refractivity contribution in [3.8, 4) is 0 Å². The van der Waals surface area contributed by atoms with E-state index in [0.717, 1.165) is 63.6 Å². The average molecular weight is 304 g/mol. The Morgan fingerprint density at radius 1 is 1.27 bits per heavy atom. The van der Waals surface area contributed by atoms with Crippen molar-refractivity contribution in [1.82, 2.24) is 4.90 Å². The number of amides is 1. The molecule has 0 atom stereocenters. The van der Waals surface area contributed by atoms with E-state index in [9.17, 15) is 9.18 Å². The van der Waals surface area contributed by atoms with Crippen molar-refractivity contribution in [2.45, 2.75) is 50.5 Å². The van der Waals surface area contributed by atoms with E-state index in [0.29, 0.717) is 5.92 Å². The molecule has 2 N–H and O–H groups in total. The highest BCUT2D eigenvalue weighted by atomic mass is 19.1. The summed E-state index contributed by atoms with van der Waals surface area (Å²) in [6.07, 6.45) is 6.66. The van der Waals surface area contributed by atoms with Crippen molar-refractivity contribution in [2.24, 2.45) is 11.7 Å². The van der Waals surface area contributed by atoms with Crippen LogP contribution in [0.1, 0.15) is 44.1 Å². The molecule has 1 aromatic carbocycles. The summed E-state index contributed by atoms with van der Waals surface area (Å²) in [5.41, 5.74) is 6.73. The average Bonchev–Trinajstić information content (AvgIpc) is 2.95. The number of likely N-dealkylation sites (tertiary alicyclic amines) is 1. The lowest BCUT2D eigenvalue weighted by Gasteiger charge is -2.36. The van der Waals surface area contributed by atoms with E-state index in [1.165, 1.54) is 6.07 Å². The third kappa shape index (κ3) is 3.32. The van der Waals surface area contributed by atoms with Gasteiger partial charge in [-0.3, -0.25) is 4.79 Å². The molecule has 1 saturated heterocycles. The standard InChI is InChI=1S/C18H25FN2O/c19-16-5-3-4-15(13-16)12-14-6-10-21(11-7-14)17(22)18(20)8-1-2-9-18/h3-5,13-14H,1-2,6-12,20H2. The van der Waals surface area contributed by atoms with Crippen LogP contribution in [-0.4, -0.2) is 29.4 Å². The number of benzene rings is 1. The fourth-order valence-electron chi connectivity index (χ4n) is 3.87. The lowest BCUT2D eigenvalue weighted by atomic mass is 9.88. The maximum Gasteiger partial charge on any atom is 0.242 e. The monoisotopic (exact) mass is 304 g/mol. The van der Waals surface area contributed by atoms with Crippen molar-refractivity contribution >= 4 is 5.91 Å². The summed E-state index contributed by atoms with van der Waals surface area (Å²) in [4.78, 5) is 14.5. The molecule has 0 spiro atoms. The summed E-state index contributed by atoms with van der Waals surface area (Å²) in [5, 5.41) is 0. The molecule has 0 aromatic heterocycles. The van der Waals surface area contributed by atoms with Crippen LogP contribution in [0.25, 0.3) is 0 Å². The number of hydrogen-bond donors (Lipinski definition) is 1. The molecule has 2 fully saturated rings. The lowest BCUT2D eigenvalue weighted by Crippen LogP contribution is -2.55. The van der Waals surface area contributed by atoms with Gasteiger partial charge in [-0.05, 0) is 55.7 Å². The largest absolute Gasteiger partial charge is 0.341 e. The number of hydrogen-bond acceptors (Lipinski definition) is 2. The molecule has 1 saturated carbocycles. The van der Waals surface area contributed by atoms with E-state index in [1.54, 1.807) is 12.1 Å². The topological polar surface area (TPSA) is 46.3 Å². The van der Waals surface area contributed by atoms with Crippen LogP contribution in [-0.2, 0) is 11.2 Å². The Morgan fingerprint density at radius 2 is 1.95 bits per heavy atom. The van der Waals surface area contributed by atoms with E-state index in [-0.39, 0.29) is 11.7 Å². The Morgan fingerprint density at radius 3 is 2.59 bits per heavy atom. The van der Waals surface area contributed by atoms with Crippen LogP contribution in [0.4, 0.5) is 4.39 Å². The quantitative estimate of drug-likeness (QED) is 0.933. The molecule has 1 aliphatic carbocycles. The molecular weight excluding hydrogens is 279 g/mol. The minimum atomic E-state index is -0.602. The van der Waals surface area contributed by atoms with Crippen LogP contribution in [0.3, 0.4) is 0 Å². The predicted molar refractivity (Wildman–Crippen MR) is 84.8 cm³/mol. The van der Waals surface area contributed by atoms with Crippen molar-refractivity contribution in [1.29, 1.82) is 0 Å². The molecule has 0 unspecified atom stereocenters. The van der Waals surface area contributed by atoms with Crippen LogP contribution in [0.15, 0.2) is 24.3 Å². The first-order chi connectivity index (χ1) is 10.6. The van der Waals surface area contributed by atoms with Gasteiger partial charge in [0.2, 0.25) is 5.91 Å². The number of nitrogens with two attached hydrogens (primary N) is 1. The summed E-state index contributed by atoms with van der Waals surface area (Å²) < 4.78 is 13.2. The Bertz CT molecular complexity index is 532. The van der Waals surface area contributed by atoms with Gasteiger partial charge in [-0.15, -0.1) is 0 Å². The highest BCUT2D eigenvalue weighted by molar-refractivity contribution is 5.86. The second kappa shape index (κ2) is 6.37. The summed E-state index contributed by atoms with van der Waals surface area (Å²) in [6, 6.07) is 6.84. The normalized spacial score (nSPS) is 22.0. The van der Waals surface area contributed by atoms with Gasteiger partial charge in [0.25, 0.3) is 0 Å². The highest BCUT2D eigenvalue weighted by Gasteiger charge is 2.40. The Hall–Kier alpha value is -1.42. The van der Waals surface area contributed by atoms with Gasteiger partial charge in [-0.25, -0.2) is 4.39 Å². The zero-order valence-corrected chi connectivity index (χ0v) is 13.1. The Kier molecular flexibility index (Phi) is 4.48. The molecule has 4 heteroatoms. The summed E-state index contributed by atoms with van der Waals surface area (Å²) in [7, 11) is 0. The van der Waals surface area contributed by atoms with Gasteiger partial charge in [0, 0.05) is 13.1 Å². The van der Waals surface area contributed by atoms with E-state index < -0.39 is 5.54 Å². The second-order valence-corrected chi connectivity index (χ2v) is 6.93. The number of carbonyl (C=O) groups excluding carboxylic acids is 1. The number of piperidine rings is 1. The molecule has 1 aliphatic heterocycles. The van der Waals surface area contributed by atoms with Gasteiger partial charge < -0.3 is 10.6 Å². The maximum absolute atomic E-state index is 13.2. The first-order valence-electron chi connectivity index (χ1n) is 8.39. The van der Waals surface area contributed by atoms with Crippen LogP contribution < -0.4 is 5.73 Å². The zero-order chi connectivity index (χ0) is 15.6. The molecule has 3 nitrogen and oxygen atoms in total. The van der Waals surface area contributed by atoms with E-state index >= 15 is 0 Å². The fourth-order valence-corrected chi connectivity index (χ4v) is 3.87. The minimum absolute atomic E-state index is 0.147. The third-order valence-corrected chi connectivity index (χ3v) is 5.24. The molecule has 22 heavy (non-hydrogen) atoms. The van der Waals surface area contributed by atoms with Crippen LogP contribution in [0, 0.1) is 11.7 Å². The zero-order valence-electron chi connectivity index (χ0n) is 13.1. The highest BCUT2D eigenvalue weighted by Crippen LogP contribution is 2.31. The number of halogens is 1. The van der Waals surface area contributed by atoms with Gasteiger partial charge in [-0.2, -0.15) is 0 Å². The molecule has 2 aliphatic rings. The van der Waals surface area contributed by atoms with Gasteiger partial charge in [0.05, 0.1) is 5.54 Å². The number of carbonyl (C=O) groups is 1. The van der Waals surface area contributed by atoms with E-state index in [2.05, 4.69) is 0 Å². The second-order valence-electron chi connectivity index (χ2n) is 6.93. The van der Waals surface area contributed by atoms with Crippen molar-refractivity contribution in [2.75, 3.05) is 13.1 Å². The van der Waals surface area contributed by atoms with Crippen molar-refractivity contribution in [3.05, 3.63) is 35.6 Å². The summed E-state index contributed by atoms with van der Waals surface area (Å²) >= 11 is 0. The number of rotatable bonds is 3. The fraction of sp³-hybridized carbons (Fsp3) is 0.611. The maximum atomic E-state index is 13.2. The first-order valence-corrected chi connectivity index (χ1v) is 8.39. The van der Waals surface area contributed by atoms with Gasteiger partial charge in [-0.1, -0.05) is 25.0 Å². The van der Waals surface area contributed by atoms with Gasteiger partial charge in [0.15, 0.2) is 0 Å². The molecule has 1 aromatic rings. The van der Waals surface area contributed by atoms with Crippen molar-refractivity contribution in [3.63, 3.8) is 0 Å². The van der Waals surface area contributed by atoms with Crippen LogP contribution >= 0.6 is 0 Å².